The van der Waals surface area contributed by atoms with Crippen LogP contribution in [-0.4, -0.2) is 16.6 Å². The van der Waals surface area contributed by atoms with Crippen molar-refractivity contribution in [3.63, 3.8) is 0 Å². The van der Waals surface area contributed by atoms with Crippen LogP contribution in [0.15, 0.2) is 4.99 Å². The molecular formula is C9H14ClNS. The Bertz CT molecular complexity index is 177. The number of isothiocyanates is 1. The Morgan fingerprint density at radius 3 is 2.50 bits per heavy atom. The second-order valence-corrected chi connectivity index (χ2v) is 4.04. The normalized spacial score (nSPS) is 31.4. The molecule has 3 heteroatoms. The predicted octanol–water partition coefficient (Wildman–Crippen LogP) is 3.42. The molecule has 1 rings (SSSR count). The quantitative estimate of drug-likeness (QED) is 0.362. The predicted molar refractivity (Wildman–Crippen MR) is 56.2 cm³/mol. The molecule has 1 aliphatic carbocycles. The zero-order valence-corrected chi connectivity index (χ0v) is 8.70. The molecule has 1 fully saturated rings. The largest absolute Gasteiger partial charge is 0.228 e. The van der Waals surface area contributed by atoms with Gasteiger partial charge in [-0.2, -0.15) is 0 Å². The molecule has 1 saturated carbocycles. The fourth-order valence-electron chi connectivity index (χ4n) is 1.63. The van der Waals surface area contributed by atoms with Crippen LogP contribution in [0.5, 0.6) is 0 Å². The Kier molecular flexibility index (Phi) is 4.82. The van der Waals surface area contributed by atoms with Gasteiger partial charge in [-0.1, -0.05) is 25.7 Å². The van der Waals surface area contributed by atoms with E-state index in [4.69, 9.17) is 11.6 Å². The summed E-state index contributed by atoms with van der Waals surface area (Å²) in [6.45, 7) is 0. The van der Waals surface area contributed by atoms with Crippen LogP contribution in [0.2, 0.25) is 0 Å². The number of nitrogens with zero attached hydrogens (tertiary/aromatic N) is 1. The third-order valence-corrected chi connectivity index (χ3v) is 2.98. The van der Waals surface area contributed by atoms with Crippen molar-refractivity contribution in [2.75, 3.05) is 0 Å². The Balaban J connectivity index is 2.48. The molecule has 1 nitrogen and oxygen atoms in total. The SMILES string of the molecule is S=C=NC1CCCCCCC1Cl. The van der Waals surface area contributed by atoms with E-state index in [0.717, 1.165) is 12.8 Å². The van der Waals surface area contributed by atoms with Gasteiger partial charge in [0, 0.05) is 0 Å². The van der Waals surface area contributed by atoms with Crippen LogP contribution in [-0.2, 0) is 0 Å². The third-order valence-electron chi connectivity index (χ3n) is 2.37. The first-order valence-electron chi connectivity index (χ1n) is 4.55. The van der Waals surface area contributed by atoms with Gasteiger partial charge in [0.2, 0.25) is 0 Å². The van der Waals surface area contributed by atoms with E-state index in [-0.39, 0.29) is 11.4 Å². The molecule has 0 aromatic heterocycles. The van der Waals surface area contributed by atoms with Crippen molar-refractivity contribution < 1.29 is 0 Å². The number of thiocarbonyl (C=S) groups is 1. The third kappa shape index (κ3) is 3.22. The van der Waals surface area contributed by atoms with Gasteiger partial charge in [-0.05, 0) is 25.1 Å². The molecule has 0 heterocycles. The number of hydrogen-bond acceptors (Lipinski definition) is 2. The maximum atomic E-state index is 6.16. The van der Waals surface area contributed by atoms with Crippen molar-refractivity contribution in [1.82, 2.24) is 0 Å². The Labute approximate surface area is 84.2 Å². The van der Waals surface area contributed by atoms with E-state index in [2.05, 4.69) is 22.4 Å². The Morgan fingerprint density at radius 2 is 1.83 bits per heavy atom. The first-order chi connectivity index (χ1) is 5.84. The van der Waals surface area contributed by atoms with Gasteiger partial charge in [-0.15, -0.1) is 11.6 Å². The highest BCUT2D eigenvalue weighted by atomic mass is 35.5. The standard InChI is InChI=1S/C9H14ClNS/c10-8-5-3-1-2-4-6-9(8)11-7-12/h8-9H,1-6H2. The fraction of sp³-hybridized carbons (Fsp3) is 0.889. The molecule has 2 atom stereocenters. The molecule has 0 amide bonds. The first kappa shape index (κ1) is 10.2. The van der Waals surface area contributed by atoms with Crippen LogP contribution in [0.25, 0.3) is 0 Å². The van der Waals surface area contributed by atoms with Gasteiger partial charge in [0.1, 0.15) is 0 Å². The van der Waals surface area contributed by atoms with Crippen molar-refractivity contribution >= 4 is 29.0 Å². The summed E-state index contributed by atoms with van der Waals surface area (Å²) in [6, 6.07) is 0.226. The summed E-state index contributed by atoms with van der Waals surface area (Å²) in [5, 5.41) is 2.62. The van der Waals surface area contributed by atoms with Crippen molar-refractivity contribution in [1.29, 1.82) is 0 Å². The molecule has 0 aromatic carbocycles. The van der Waals surface area contributed by atoms with E-state index in [1.807, 2.05) is 0 Å². The van der Waals surface area contributed by atoms with Crippen LogP contribution in [0.4, 0.5) is 0 Å². The maximum Gasteiger partial charge on any atom is 0.0766 e. The molecule has 0 aromatic rings. The monoisotopic (exact) mass is 203 g/mol. The minimum atomic E-state index is 0.181. The molecule has 0 saturated heterocycles. The van der Waals surface area contributed by atoms with Crippen molar-refractivity contribution in [2.24, 2.45) is 4.99 Å². The minimum Gasteiger partial charge on any atom is -0.228 e. The zero-order valence-electron chi connectivity index (χ0n) is 7.13. The van der Waals surface area contributed by atoms with Gasteiger partial charge in [-0.3, -0.25) is 0 Å². The average Bonchev–Trinajstić information content (AvgIpc) is 2.05. The van der Waals surface area contributed by atoms with Crippen LogP contribution in [0.1, 0.15) is 38.5 Å². The average molecular weight is 204 g/mol. The summed E-state index contributed by atoms with van der Waals surface area (Å²) >= 11 is 10.7. The molecule has 0 N–H and O–H groups in total. The van der Waals surface area contributed by atoms with E-state index in [9.17, 15) is 0 Å². The molecule has 1 aliphatic rings. The summed E-state index contributed by atoms with van der Waals surface area (Å²) in [6.07, 6.45) is 7.25. The topological polar surface area (TPSA) is 12.4 Å². The van der Waals surface area contributed by atoms with Crippen molar-refractivity contribution in [3.05, 3.63) is 0 Å². The van der Waals surface area contributed by atoms with Gasteiger partial charge in [-0.25, -0.2) is 4.99 Å². The molecule has 0 spiro atoms. The van der Waals surface area contributed by atoms with E-state index >= 15 is 0 Å². The van der Waals surface area contributed by atoms with Crippen LogP contribution in [0.3, 0.4) is 0 Å². The maximum absolute atomic E-state index is 6.16. The van der Waals surface area contributed by atoms with Crippen molar-refractivity contribution in [3.8, 4) is 0 Å². The molecule has 0 radical (unpaired) electrons. The van der Waals surface area contributed by atoms with Gasteiger partial charge in [0.05, 0.1) is 16.6 Å². The number of alkyl halides is 1. The number of hydrogen-bond donors (Lipinski definition) is 0. The highest BCUT2D eigenvalue weighted by molar-refractivity contribution is 7.78. The Morgan fingerprint density at radius 1 is 1.17 bits per heavy atom. The fourth-order valence-corrected chi connectivity index (χ4v) is 2.10. The lowest BCUT2D eigenvalue weighted by molar-refractivity contribution is 0.462. The molecule has 0 bridgehead atoms. The van der Waals surface area contributed by atoms with E-state index in [1.54, 1.807) is 0 Å². The van der Waals surface area contributed by atoms with E-state index in [1.165, 1.54) is 25.7 Å². The lowest BCUT2D eigenvalue weighted by atomic mass is 9.97. The molecule has 0 aliphatic heterocycles. The van der Waals surface area contributed by atoms with Crippen LogP contribution in [0, 0.1) is 0 Å². The number of aliphatic imine (C=N–C) groups is 1. The van der Waals surface area contributed by atoms with E-state index < -0.39 is 0 Å². The molecular weight excluding hydrogens is 190 g/mol. The number of halogens is 1. The lowest BCUT2D eigenvalue weighted by Gasteiger charge is -2.19. The van der Waals surface area contributed by atoms with Crippen LogP contribution < -0.4 is 0 Å². The van der Waals surface area contributed by atoms with Gasteiger partial charge < -0.3 is 0 Å². The smallest absolute Gasteiger partial charge is 0.0766 e. The van der Waals surface area contributed by atoms with Gasteiger partial charge >= 0.3 is 0 Å². The number of rotatable bonds is 1. The summed E-state index contributed by atoms with van der Waals surface area (Å²) in [4.78, 5) is 4.10. The van der Waals surface area contributed by atoms with Gasteiger partial charge in [0.15, 0.2) is 0 Å². The Hall–Kier alpha value is 0.0900. The van der Waals surface area contributed by atoms with E-state index in [0.29, 0.717) is 0 Å². The minimum absolute atomic E-state index is 0.181. The zero-order chi connectivity index (χ0) is 8.81. The van der Waals surface area contributed by atoms with Crippen LogP contribution >= 0.6 is 23.8 Å². The summed E-state index contributed by atoms with van der Waals surface area (Å²) in [5.41, 5.74) is 0. The first-order valence-corrected chi connectivity index (χ1v) is 5.40. The lowest BCUT2D eigenvalue weighted by Crippen LogP contribution is -2.20. The van der Waals surface area contributed by atoms with Crippen molar-refractivity contribution in [2.45, 2.75) is 49.9 Å². The highest BCUT2D eigenvalue weighted by Gasteiger charge is 2.19. The summed E-state index contributed by atoms with van der Waals surface area (Å²) in [5.74, 6) is 0. The van der Waals surface area contributed by atoms with Gasteiger partial charge in [0.25, 0.3) is 0 Å². The highest BCUT2D eigenvalue weighted by Crippen LogP contribution is 2.23. The molecule has 12 heavy (non-hydrogen) atoms. The molecule has 2 unspecified atom stereocenters. The summed E-state index contributed by atoms with van der Waals surface area (Å²) < 4.78 is 0. The summed E-state index contributed by atoms with van der Waals surface area (Å²) in [7, 11) is 0. The molecule has 68 valence electrons. The second-order valence-electron chi connectivity index (χ2n) is 3.30. The second kappa shape index (κ2) is 5.69.